The first-order valence-corrected chi connectivity index (χ1v) is 6.62. The smallest absolute Gasteiger partial charge is 0.299 e. The summed E-state index contributed by atoms with van der Waals surface area (Å²) in [7, 11) is 1.50. The number of Topliss-reactive ketones (excluding diaryl/α,β-unsaturated/α-hetero) is 1. The first-order valence-electron chi connectivity index (χ1n) is 6.62. The van der Waals surface area contributed by atoms with Crippen LogP contribution in [0.5, 0.6) is 5.75 Å². The Morgan fingerprint density at radius 2 is 2.10 bits per heavy atom. The second-order valence-corrected chi connectivity index (χ2v) is 4.69. The second kappa shape index (κ2) is 6.36. The second-order valence-electron chi connectivity index (χ2n) is 4.69. The lowest BCUT2D eigenvalue weighted by atomic mass is 10.1. The molecule has 0 aromatic heterocycles. The average molecular weight is 291 g/mol. The van der Waals surface area contributed by atoms with Gasteiger partial charge in [-0.25, -0.2) is 5.84 Å². The number of nitrogens with two attached hydrogens (primary N) is 1. The van der Waals surface area contributed by atoms with Crippen molar-refractivity contribution in [3.8, 4) is 5.75 Å². The molecule has 0 saturated heterocycles. The van der Waals surface area contributed by atoms with Crippen molar-refractivity contribution >= 4 is 23.3 Å². The molecule has 0 bridgehead atoms. The Kier molecular flexibility index (Phi) is 4.54. The molecule has 21 heavy (non-hydrogen) atoms. The number of hydrogen-bond donors (Lipinski definition) is 2. The summed E-state index contributed by atoms with van der Waals surface area (Å²) in [5.41, 5.74) is 3.00. The van der Waals surface area contributed by atoms with E-state index < -0.39 is 11.7 Å². The van der Waals surface area contributed by atoms with Crippen LogP contribution in [0.25, 0.3) is 0 Å². The summed E-state index contributed by atoms with van der Waals surface area (Å²) in [5.74, 6) is 4.21. The Hall–Kier alpha value is -2.41. The monoisotopic (exact) mass is 291 g/mol. The van der Waals surface area contributed by atoms with Gasteiger partial charge >= 0.3 is 0 Å². The highest BCUT2D eigenvalue weighted by molar-refractivity contribution is 6.52. The van der Waals surface area contributed by atoms with Gasteiger partial charge in [0.1, 0.15) is 5.75 Å². The molecule has 0 radical (unpaired) electrons. The van der Waals surface area contributed by atoms with E-state index in [1.165, 1.54) is 12.0 Å². The molecule has 0 aliphatic carbocycles. The SMILES string of the molecule is COc1ccc2c(c1)C(=O)C(=O)N2CCCCC(=O)NN. The third-order valence-corrected chi connectivity index (χ3v) is 3.38. The van der Waals surface area contributed by atoms with Gasteiger partial charge in [-0.05, 0) is 31.0 Å². The highest BCUT2D eigenvalue weighted by Crippen LogP contribution is 2.32. The molecule has 2 rings (SSSR count). The predicted octanol–water partition coefficient (Wildman–Crippen LogP) is 0.385. The van der Waals surface area contributed by atoms with Gasteiger partial charge in [0.25, 0.3) is 11.7 Å². The molecule has 0 atom stereocenters. The summed E-state index contributed by atoms with van der Waals surface area (Å²) in [4.78, 5) is 36.4. The number of carbonyl (C=O) groups is 3. The summed E-state index contributed by atoms with van der Waals surface area (Å²) in [6, 6.07) is 4.97. The Labute approximate surface area is 122 Å². The van der Waals surface area contributed by atoms with Crippen molar-refractivity contribution in [3.05, 3.63) is 23.8 Å². The normalized spacial score (nSPS) is 13.3. The number of ether oxygens (including phenoxy) is 1. The number of unbranched alkanes of at least 4 members (excludes halogenated alkanes) is 1. The van der Waals surface area contributed by atoms with Crippen LogP contribution >= 0.6 is 0 Å². The number of rotatable bonds is 6. The number of anilines is 1. The highest BCUT2D eigenvalue weighted by atomic mass is 16.5. The van der Waals surface area contributed by atoms with E-state index in [2.05, 4.69) is 5.43 Å². The highest BCUT2D eigenvalue weighted by Gasteiger charge is 2.35. The third kappa shape index (κ3) is 3.03. The fourth-order valence-corrected chi connectivity index (χ4v) is 2.26. The quantitative estimate of drug-likeness (QED) is 0.259. The fraction of sp³-hybridized carbons (Fsp3) is 0.357. The number of methoxy groups -OCH3 is 1. The minimum Gasteiger partial charge on any atom is -0.497 e. The molecular weight excluding hydrogens is 274 g/mol. The third-order valence-electron chi connectivity index (χ3n) is 3.38. The standard InChI is InChI=1S/C14H17N3O4/c1-21-9-5-6-11-10(8-9)13(19)14(20)17(11)7-3-2-4-12(18)16-15/h5-6,8H,2-4,7,15H2,1H3,(H,16,18). The average Bonchev–Trinajstić information content (AvgIpc) is 2.75. The van der Waals surface area contributed by atoms with Crippen molar-refractivity contribution < 1.29 is 19.1 Å². The molecule has 1 aromatic carbocycles. The van der Waals surface area contributed by atoms with Crippen molar-refractivity contribution in [2.45, 2.75) is 19.3 Å². The van der Waals surface area contributed by atoms with Crippen molar-refractivity contribution in [2.24, 2.45) is 5.84 Å². The Morgan fingerprint density at radius 1 is 1.33 bits per heavy atom. The van der Waals surface area contributed by atoms with Crippen LogP contribution in [0, 0.1) is 0 Å². The molecular formula is C14H17N3O4. The van der Waals surface area contributed by atoms with Crippen LogP contribution in [0.1, 0.15) is 29.6 Å². The molecule has 2 amide bonds. The molecule has 0 saturated carbocycles. The van der Waals surface area contributed by atoms with Crippen LogP contribution in [-0.2, 0) is 9.59 Å². The molecule has 1 aromatic rings. The minimum atomic E-state index is -0.540. The van der Waals surface area contributed by atoms with Gasteiger partial charge in [-0.1, -0.05) is 0 Å². The molecule has 1 heterocycles. The van der Waals surface area contributed by atoms with Gasteiger partial charge in [0, 0.05) is 13.0 Å². The number of amides is 2. The first kappa shape index (κ1) is 15.0. The molecule has 112 valence electrons. The molecule has 3 N–H and O–H groups in total. The van der Waals surface area contributed by atoms with Crippen LogP contribution in [0.2, 0.25) is 0 Å². The maximum absolute atomic E-state index is 12.0. The topological polar surface area (TPSA) is 102 Å². The molecule has 1 aliphatic heterocycles. The van der Waals surface area contributed by atoms with Crippen LogP contribution in [-0.4, -0.2) is 31.3 Å². The minimum absolute atomic E-state index is 0.246. The molecule has 1 aliphatic rings. The summed E-state index contributed by atoms with van der Waals surface area (Å²) in [5, 5.41) is 0. The van der Waals surface area contributed by atoms with Gasteiger partial charge in [0.05, 0.1) is 18.4 Å². The summed E-state index contributed by atoms with van der Waals surface area (Å²) >= 11 is 0. The number of hydrazine groups is 1. The predicted molar refractivity (Wildman–Crippen MR) is 75.9 cm³/mol. The van der Waals surface area contributed by atoms with Gasteiger partial charge in [-0.3, -0.25) is 19.8 Å². The number of nitrogens with one attached hydrogen (secondary N) is 1. The van der Waals surface area contributed by atoms with Crippen LogP contribution < -0.4 is 20.9 Å². The number of benzene rings is 1. The molecule has 0 unspecified atom stereocenters. The lowest BCUT2D eigenvalue weighted by Gasteiger charge is -2.16. The number of fused-ring (bicyclic) bond motifs is 1. The Balaban J connectivity index is 2.04. The molecule has 0 fully saturated rings. The largest absolute Gasteiger partial charge is 0.497 e. The van der Waals surface area contributed by atoms with Gasteiger partial charge in [0.15, 0.2) is 0 Å². The zero-order chi connectivity index (χ0) is 15.4. The van der Waals surface area contributed by atoms with Gasteiger partial charge in [-0.15, -0.1) is 0 Å². The molecule has 7 heteroatoms. The van der Waals surface area contributed by atoms with Crippen molar-refractivity contribution in [1.29, 1.82) is 0 Å². The van der Waals surface area contributed by atoms with Gasteiger partial charge < -0.3 is 9.64 Å². The summed E-state index contributed by atoms with van der Waals surface area (Å²) in [6.07, 6.45) is 1.49. The van der Waals surface area contributed by atoms with Crippen LogP contribution in [0.3, 0.4) is 0 Å². The maximum atomic E-state index is 12.0. The van der Waals surface area contributed by atoms with E-state index in [4.69, 9.17) is 10.6 Å². The maximum Gasteiger partial charge on any atom is 0.299 e. The van der Waals surface area contributed by atoms with E-state index in [-0.39, 0.29) is 5.91 Å². The number of carbonyl (C=O) groups excluding carboxylic acids is 3. The number of hydrogen-bond acceptors (Lipinski definition) is 5. The van der Waals surface area contributed by atoms with Crippen LogP contribution in [0.4, 0.5) is 5.69 Å². The van der Waals surface area contributed by atoms with Crippen molar-refractivity contribution in [1.82, 2.24) is 5.43 Å². The zero-order valence-corrected chi connectivity index (χ0v) is 11.7. The van der Waals surface area contributed by atoms with Crippen LogP contribution in [0.15, 0.2) is 18.2 Å². The fourth-order valence-electron chi connectivity index (χ4n) is 2.26. The number of ketones is 1. The van der Waals surface area contributed by atoms with Crippen molar-refractivity contribution in [3.63, 3.8) is 0 Å². The first-order chi connectivity index (χ1) is 10.1. The van der Waals surface area contributed by atoms with E-state index in [1.54, 1.807) is 18.2 Å². The van der Waals surface area contributed by atoms with Gasteiger partial charge in [0.2, 0.25) is 5.91 Å². The van der Waals surface area contributed by atoms with E-state index in [0.717, 1.165) is 0 Å². The van der Waals surface area contributed by atoms with E-state index in [0.29, 0.717) is 42.8 Å². The van der Waals surface area contributed by atoms with E-state index >= 15 is 0 Å². The summed E-state index contributed by atoms with van der Waals surface area (Å²) in [6.45, 7) is 0.391. The summed E-state index contributed by atoms with van der Waals surface area (Å²) < 4.78 is 5.06. The molecule has 7 nitrogen and oxygen atoms in total. The number of nitrogens with zero attached hydrogens (tertiary/aromatic N) is 1. The van der Waals surface area contributed by atoms with Crippen molar-refractivity contribution in [2.75, 3.05) is 18.6 Å². The molecule has 0 spiro atoms. The Bertz CT molecular complexity index is 586. The lowest BCUT2D eigenvalue weighted by Crippen LogP contribution is -2.31. The lowest BCUT2D eigenvalue weighted by molar-refractivity contribution is -0.121. The van der Waals surface area contributed by atoms with E-state index in [1.807, 2.05) is 0 Å². The van der Waals surface area contributed by atoms with Gasteiger partial charge in [-0.2, -0.15) is 0 Å². The van der Waals surface area contributed by atoms with E-state index in [9.17, 15) is 14.4 Å². The zero-order valence-electron chi connectivity index (χ0n) is 11.7. The Morgan fingerprint density at radius 3 is 2.76 bits per heavy atom.